The molecule has 0 aliphatic rings. The molecule has 4 nitrogen and oxygen atoms in total. The van der Waals surface area contributed by atoms with Gasteiger partial charge in [-0.25, -0.2) is 0 Å². The molecule has 1 rings (SSSR count). The van der Waals surface area contributed by atoms with Crippen molar-refractivity contribution in [2.75, 3.05) is 0 Å². The largest absolute Gasteiger partial charge is 0.481 e. The van der Waals surface area contributed by atoms with Crippen LogP contribution in [-0.4, -0.2) is 23.8 Å². The molecule has 0 aliphatic heterocycles. The van der Waals surface area contributed by atoms with E-state index in [2.05, 4.69) is 21.2 Å². The van der Waals surface area contributed by atoms with Gasteiger partial charge in [-0.1, -0.05) is 15.9 Å². The first-order valence-corrected chi connectivity index (χ1v) is 6.75. The first-order chi connectivity index (χ1) is 8.73. The monoisotopic (exact) mass is 327 g/mol. The molecular formula is C14H18BrNO3. The molecule has 0 radical (unpaired) electrons. The molecule has 0 aromatic heterocycles. The Hall–Kier alpha value is -1.36. The summed E-state index contributed by atoms with van der Waals surface area (Å²) in [5, 5.41) is 2.84. The maximum Gasteiger partial charge on any atom is 0.261 e. The van der Waals surface area contributed by atoms with E-state index in [1.807, 2.05) is 20.8 Å². The number of hydrogen-bond donors (Lipinski definition) is 1. The summed E-state index contributed by atoms with van der Waals surface area (Å²) in [7, 11) is 0. The summed E-state index contributed by atoms with van der Waals surface area (Å²) in [6, 6.07) is 5.02. The van der Waals surface area contributed by atoms with E-state index in [0.29, 0.717) is 15.8 Å². The Balaban J connectivity index is 2.74. The third-order valence-corrected chi connectivity index (χ3v) is 3.00. The van der Waals surface area contributed by atoms with Gasteiger partial charge in [0.2, 0.25) is 0 Å². The average Bonchev–Trinajstić information content (AvgIpc) is 2.29. The zero-order chi connectivity index (χ0) is 14.6. The summed E-state index contributed by atoms with van der Waals surface area (Å²) in [4.78, 5) is 22.7. The smallest absolute Gasteiger partial charge is 0.261 e. The van der Waals surface area contributed by atoms with Gasteiger partial charge in [-0.2, -0.15) is 0 Å². The Morgan fingerprint density at radius 2 is 2.05 bits per heavy atom. The van der Waals surface area contributed by atoms with Gasteiger partial charge in [0.25, 0.3) is 5.91 Å². The van der Waals surface area contributed by atoms with E-state index in [1.54, 1.807) is 25.1 Å². The van der Waals surface area contributed by atoms with E-state index >= 15 is 0 Å². The van der Waals surface area contributed by atoms with Gasteiger partial charge in [0.15, 0.2) is 12.4 Å². The topological polar surface area (TPSA) is 55.4 Å². The highest BCUT2D eigenvalue weighted by Crippen LogP contribution is 2.22. The van der Waals surface area contributed by atoms with Crippen LogP contribution in [0.4, 0.5) is 0 Å². The van der Waals surface area contributed by atoms with Crippen molar-refractivity contribution in [3.05, 3.63) is 28.2 Å². The van der Waals surface area contributed by atoms with Crippen LogP contribution in [0.2, 0.25) is 0 Å². The molecule has 0 heterocycles. The predicted octanol–water partition coefficient (Wildman–Crippen LogP) is 2.94. The SMILES string of the molecule is CC(Oc1ccc(Br)c(C=O)c1)C(=O)NC(C)(C)C. The highest BCUT2D eigenvalue weighted by atomic mass is 79.9. The predicted molar refractivity (Wildman–Crippen MR) is 77.5 cm³/mol. The number of hydrogen-bond acceptors (Lipinski definition) is 3. The number of aldehydes is 1. The third kappa shape index (κ3) is 5.03. The summed E-state index contributed by atoms with van der Waals surface area (Å²) in [6.07, 6.45) is 0.108. The second-order valence-corrected chi connectivity index (χ2v) is 6.15. The highest BCUT2D eigenvalue weighted by Gasteiger charge is 2.20. The van der Waals surface area contributed by atoms with Gasteiger partial charge in [0.05, 0.1) is 0 Å². The lowest BCUT2D eigenvalue weighted by atomic mass is 10.1. The van der Waals surface area contributed by atoms with Crippen LogP contribution in [0.3, 0.4) is 0 Å². The van der Waals surface area contributed by atoms with Crippen molar-refractivity contribution < 1.29 is 14.3 Å². The maximum absolute atomic E-state index is 11.9. The van der Waals surface area contributed by atoms with E-state index in [1.165, 1.54) is 0 Å². The summed E-state index contributed by atoms with van der Waals surface area (Å²) in [6.45, 7) is 7.38. The second-order valence-electron chi connectivity index (χ2n) is 5.30. The van der Waals surface area contributed by atoms with E-state index in [4.69, 9.17) is 4.74 Å². The van der Waals surface area contributed by atoms with Crippen LogP contribution in [0.1, 0.15) is 38.1 Å². The molecule has 1 atom stereocenters. The number of ether oxygens (including phenoxy) is 1. The van der Waals surface area contributed by atoms with Crippen LogP contribution < -0.4 is 10.1 Å². The van der Waals surface area contributed by atoms with Crippen LogP contribution in [0.15, 0.2) is 22.7 Å². The molecule has 104 valence electrons. The van der Waals surface area contributed by atoms with Crippen molar-refractivity contribution in [1.29, 1.82) is 0 Å². The average molecular weight is 328 g/mol. The Kier molecular flexibility index (Phi) is 5.11. The van der Waals surface area contributed by atoms with Crippen LogP contribution in [0, 0.1) is 0 Å². The summed E-state index contributed by atoms with van der Waals surface area (Å²) in [5.41, 5.74) is 0.184. The fraction of sp³-hybridized carbons (Fsp3) is 0.429. The number of carbonyl (C=O) groups is 2. The fourth-order valence-electron chi connectivity index (χ4n) is 1.41. The molecule has 1 aromatic carbocycles. The lowest BCUT2D eigenvalue weighted by molar-refractivity contribution is -0.128. The number of nitrogens with one attached hydrogen (secondary N) is 1. The minimum atomic E-state index is -0.625. The number of benzene rings is 1. The molecule has 0 spiro atoms. The summed E-state index contributed by atoms with van der Waals surface area (Å²) in [5.74, 6) is 0.296. The number of halogens is 1. The molecule has 19 heavy (non-hydrogen) atoms. The Morgan fingerprint density at radius 3 is 2.58 bits per heavy atom. The van der Waals surface area contributed by atoms with Gasteiger partial charge in [0.1, 0.15) is 5.75 Å². The van der Waals surface area contributed by atoms with Crippen molar-refractivity contribution in [3.63, 3.8) is 0 Å². The molecule has 0 saturated heterocycles. The van der Waals surface area contributed by atoms with Gasteiger partial charge in [-0.15, -0.1) is 0 Å². The molecule has 0 saturated carbocycles. The molecular weight excluding hydrogens is 310 g/mol. The van der Waals surface area contributed by atoms with Crippen LogP contribution in [0.5, 0.6) is 5.75 Å². The minimum absolute atomic E-state index is 0.192. The molecule has 1 N–H and O–H groups in total. The zero-order valence-corrected chi connectivity index (χ0v) is 13.1. The first kappa shape index (κ1) is 15.7. The Morgan fingerprint density at radius 1 is 1.42 bits per heavy atom. The van der Waals surface area contributed by atoms with Crippen molar-refractivity contribution in [1.82, 2.24) is 5.32 Å². The molecule has 0 bridgehead atoms. The van der Waals surface area contributed by atoms with Crippen LogP contribution in [0.25, 0.3) is 0 Å². The van der Waals surface area contributed by atoms with Crippen molar-refractivity contribution in [2.24, 2.45) is 0 Å². The van der Waals surface area contributed by atoms with Gasteiger partial charge in [-0.05, 0) is 45.9 Å². The summed E-state index contributed by atoms with van der Waals surface area (Å²) < 4.78 is 6.22. The van der Waals surface area contributed by atoms with Gasteiger partial charge >= 0.3 is 0 Å². The number of carbonyl (C=O) groups excluding carboxylic acids is 2. The van der Waals surface area contributed by atoms with E-state index < -0.39 is 6.10 Å². The fourth-order valence-corrected chi connectivity index (χ4v) is 1.75. The normalized spacial score (nSPS) is 12.7. The Labute approximate surface area is 121 Å². The first-order valence-electron chi connectivity index (χ1n) is 5.96. The molecule has 1 amide bonds. The minimum Gasteiger partial charge on any atom is -0.481 e. The zero-order valence-electron chi connectivity index (χ0n) is 11.5. The summed E-state index contributed by atoms with van der Waals surface area (Å²) >= 11 is 3.26. The van der Waals surface area contributed by atoms with Crippen molar-refractivity contribution in [2.45, 2.75) is 39.3 Å². The maximum atomic E-state index is 11.9. The van der Waals surface area contributed by atoms with Crippen LogP contribution in [-0.2, 0) is 4.79 Å². The number of amides is 1. The van der Waals surface area contributed by atoms with E-state index in [-0.39, 0.29) is 11.4 Å². The quantitative estimate of drug-likeness (QED) is 0.865. The molecule has 1 unspecified atom stereocenters. The van der Waals surface area contributed by atoms with Gasteiger partial charge < -0.3 is 10.1 Å². The standard InChI is InChI=1S/C14H18BrNO3/c1-9(13(18)16-14(2,3)4)19-11-5-6-12(15)10(7-11)8-17/h5-9H,1-4H3,(H,16,18). The Bertz CT molecular complexity index is 480. The van der Waals surface area contributed by atoms with E-state index in [9.17, 15) is 9.59 Å². The molecule has 5 heteroatoms. The lowest BCUT2D eigenvalue weighted by Crippen LogP contribution is -2.46. The second kappa shape index (κ2) is 6.19. The van der Waals surface area contributed by atoms with Gasteiger partial charge in [-0.3, -0.25) is 9.59 Å². The highest BCUT2D eigenvalue weighted by molar-refractivity contribution is 9.10. The lowest BCUT2D eigenvalue weighted by Gasteiger charge is -2.23. The van der Waals surface area contributed by atoms with E-state index in [0.717, 1.165) is 6.29 Å². The van der Waals surface area contributed by atoms with Crippen molar-refractivity contribution >= 4 is 28.1 Å². The molecule has 0 aliphatic carbocycles. The molecule has 1 aromatic rings. The van der Waals surface area contributed by atoms with Crippen LogP contribution >= 0.6 is 15.9 Å². The molecule has 0 fully saturated rings. The third-order valence-electron chi connectivity index (χ3n) is 2.27. The van der Waals surface area contributed by atoms with Crippen molar-refractivity contribution in [3.8, 4) is 5.75 Å². The van der Waals surface area contributed by atoms with Gasteiger partial charge in [0, 0.05) is 15.6 Å². The number of rotatable bonds is 4.